The van der Waals surface area contributed by atoms with Crippen LogP contribution in [0.15, 0.2) is 87.7 Å². The molecule has 0 saturated heterocycles. The summed E-state index contributed by atoms with van der Waals surface area (Å²) in [5, 5.41) is 3.15. The van der Waals surface area contributed by atoms with E-state index in [1.807, 2.05) is 69.3 Å². The molecule has 1 aromatic heterocycles. The number of carbonyl (C=O) groups is 1. The molecule has 4 aromatic rings. The van der Waals surface area contributed by atoms with Crippen LogP contribution in [0.4, 0.5) is 5.69 Å². The van der Waals surface area contributed by atoms with E-state index in [1.165, 1.54) is 0 Å². The number of amides is 1. The second kappa shape index (κ2) is 9.87. The third-order valence-electron chi connectivity index (χ3n) is 5.29. The maximum absolute atomic E-state index is 13.4. The lowest BCUT2D eigenvalue weighted by molar-refractivity contribution is -0.113. The van der Waals surface area contributed by atoms with Gasteiger partial charge in [-0.05, 0) is 50.1 Å². The normalized spacial score (nSPS) is 11.4. The van der Waals surface area contributed by atoms with Crippen LogP contribution in [0.5, 0.6) is 0 Å². The maximum atomic E-state index is 13.4. The Kier molecular flexibility index (Phi) is 6.90. The minimum absolute atomic E-state index is 0.0141. The van der Waals surface area contributed by atoms with Gasteiger partial charge >= 0.3 is 0 Å². The van der Waals surface area contributed by atoms with Crippen LogP contribution in [0.2, 0.25) is 0 Å². The number of anilines is 1. The van der Waals surface area contributed by atoms with Crippen LogP contribution >= 0.6 is 11.8 Å². The highest BCUT2D eigenvalue weighted by Gasteiger charge is 2.27. The Morgan fingerprint density at radius 1 is 0.941 bits per heavy atom. The van der Waals surface area contributed by atoms with E-state index >= 15 is 0 Å². The molecule has 0 atom stereocenters. The van der Waals surface area contributed by atoms with E-state index in [1.54, 1.807) is 24.3 Å². The van der Waals surface area contributed by atoms with Gasteiger partial charge in [-0.15, -0.1) is 0 Å². The number of imidazole rings is 1. The molecule has 0 fully saturated rings. The monoisotopic (exact) mass is 491 g/mol. The number of nitrogens with zero attached hydrogens (tertiary/aromatic N) is 1. The lowest BCUT2D eigenvalue weighted by atomic mass is 10.1. The molecule has 6 nitrogen and oxygen atoms in total. The Balaban J connectivity index is 1.64. The highest BCUT2D eigenvalue weighted by Crippen LogP contribution is 2.32. The quantitative estimate of drug-likeness (QED) is 0.330. The van der Waals surface area contributed by atoms with Gasteiger partial charge in [-0.25, -0.2) is 13.4 Å². The van der Waals surface area contributed by atoms with E-state index in [0.29, 0.717) is 5.82 Å². The van der Waals surface area contributed by atoms with Gasteiger partial charge in [-0.1, -0.05) is 71.9 Å². The predicted octanol–water partition coefficient (Wildman–Crippen LogP) is 5.57. The van der Waals surface area contributed by atoms with E-state index < -0.39 is 9.84 Å². The molecular weight excluding hydrogens is 466 g/mol. The van der Waals surface area contributed by atoms with Crippen molar-refractivity contribution in [2.24, 2.45) is 0 Å². The fourth-order valence-corrected chi connectivity index (χ4v) is 5.80. The molecule has 0 saturated carbocycles. The molecule has 4 rings (SSSR count). The highest BCUT2D eigenvalue weighted by atomic mass is 32.2. The molecular formula is C26H25N3O3S2. The molecule has 174 valence electrons. The summed E-state index contributed by atoms with van der Waals surface area (Å²) in [4.78, 5) is 20.4. The Hall–Kier alpha value is -3.36. The van der Waals surface area contributed by atoms with Crippen molar-refractivity contribution in [1.82, 2.24) is 9.97 Å². The number of aryl methyl sites for hydroxylation is 3. The molecule has 1 amide bonds. The summed E-state index contributed by atoms with van der Waals surface area (Å²) in [5.41, 5.74) is 4.46. The first-order chi connectivity index (χ1) is 16.2. The smallest absolute Gasteiger partial charge is 0.234 e. The second-order valence-corrected chi connectivity index (χ2v) is 10.9. The summed E-state index contributed by atoms with van der Waals surface area (Å²) in [6.07, 6.45) is 0. The SMILES string of the molecule is Cc1ccc(S(=O)(=O)c2[nH]c(-c3ccccc3)nc2SCC(=O)Nc2cc(C)ccc2C)cc1. The summed E-state index contributed by atoms with van der Waals surface area (Å²) in [5.74, 6) is 0.216. The number of thioether (sulfide) groups is 1. The van der Waals surface area contributed by atoms with Crippen LogP contribution in [0.25, 0.3) is 11.4 Å². The third kappa shape index (κ3) is 5.24. The number of rotatable bonds is 7. The van der Waals surface area contributed by atoms with Crippen molar-refractivity contribution < 1.29 is 13.2 Å². The number of hydrogen-bond acceptors (Lipinski definition) is 5. The highest BCUT2D eigenvalue weighted by molar-refractivity contribution is 8.00. The maximum Gasteiger partial charge on any atom is 0.234 e. The molecule has 0 aliphatic heterocycles. The van der Waals surface area contributed by atoms with E-state index in [2.05, 4.69) is 15.3 Å². The van der Waals surface area contributed by atoms with Gasteiger partial charge in [0, 0.05) is 11.3 Å². The average molecular weight is 492 g/mol. The predicted molar refractivity (Wildman–Crippen MR) is 136 cm³/mol. The number of aromatic nitrogens is 2. The first-order valence-electron chi connectivity index (χ1n) is 10.7. The van der Waals surface area contributed by atoms with Crippen molar-refractivity contribution in [3.8, 4) is 11.4 Å². The van der Waals surface area contributed by atoms with Gasteiger partial charge in [-0.2, -0.15) is 0 Å². The van der Waals surface area contributed by atoms with Crippen LogP contribution < -0.4 is 5.32 Å². The lowest BCUT2D eigenvalue weighted by Gasteiger charge is -2.09. The van der Waals surface area contributed by atoms with E-state index in [9.17, 15) is 13.2 Å². The molecule has 8 heteroatoms. The molecule has 0 bridgehead atoms. The summed E-state index contributed by atoms with van der Waals surface area (Å²) in [6, 6.07) is 21.8. The molecule has 0 aliphatic carbocycles. The van der Waals surface area contributed by atoms with Crippen molar-refractivity contribution in [3.63, 3.8) is 0 Å². The van der Waals surface area contributed by atoms with Crippen molar-refractivity contribution in [3.05, 3.63) is 89.5 Å². The Bertz CT molecular complexity index is 1430. The van der Waals surface area contributed by atoms with Gasteiger partial charge in [0.1, 0.15) is 10.9 Å². The molecule has 0 unspecified atom stereocenters. The topological polar surface area (TPSA) is 91.9 Å². The summed E-state index contributed by atoms with van der Waals surface area (Å²) < 4.78 is 26.9. The number of carbonyl (C=O) groups excluding carboxylic acids is 1. The minimum Gasteiger partial charge on any atom is -0.328 e. The van der Waals surface area contributed by atoms with Gasteiger partial charge < -0.3 is 10.3 Å². The number of H-pyrrole nitrogens is 1. The third-order valence-corrected chi connectivity index (χ3v) is 8.12. The Labute approximate surface area is 203 Å². The molecule has 34 heavy (non-hydrogen) atoms. The average Bonchev–Trinajstić information content (AvgIpc) is 3.26. The van der Waals surface area contributed by atoms with E-state index in [4.69, 9.17) is 0 Å². The van der Waals surface area contributed by atoms with Crippen molar-refractivity contribution in [2.75, 3.05) is 11.1 Å². The van der Waals surface area contributed by atoms with Crippen molar-refractivity contribution >= 4 is 33.2 Å². The largest absolute Gasteiger partial charge is 0.328 e. The number of aromatic amines is 1. The van der Waals surface area contributed by atoms with E-state index in [-0.39, 0.29) is 26.6 Å². The van der Waals surface area contributed by atoms with Crippen LogP contribution in [-0.2, 0) is 14.6 Å². The fraction of sp³-hybridized carbons (Fsp3) is 0.154. The van der Waals surface area contributed by atoms with Crippen molar-refractivity contribution in [1.29, 1.82) is 0 Å². The molecule has 0 spiro atoms. The molecule has 0 aliphatic rings. The second-order valence-electron chi connectivity index (χ2n) is 8.06. The summed E-state index contributed by atoms with van der Waals surface area (Å²) in [7, 11) is -3.86. The first-order valence-corrected chi connectivity index (χ1v) is 13.2. The Morgan fingerprint density at radius 2 is 1.62 bits per heavy atom. The number of sulfone groups is 1. The van der Waals surface area contributed by atoms with Crippen LogP contribution in [0.3, 0.4) is 0 Å². The van der Waals surface area contributed by atoms with Gasteiger partial charge in [0.05, 0.1) is 10.6 Å². The molecule has 1 heterocycles. The molecule has 0 radical (unpaired) electrons. The number of hydrogen-bond donors (Lipinski definition) is 2. The van der Waals surface area contributed by atoms with E-state index in [0.717, 1.165) is 39.7 Å². The van der Waals surface area contributed by atoms with Crippen molar-refractivity contribution in [2.45, 2.75) is 35.7 Å². The van der Waals surface area contributed by atoms with Crippen LogP contribution in [0.1, 0.15) is 16.7 Å². The first kappa shape index (κ1) is 23.8. The van der Waals surface area contributed by atoms with Gasteiger partial charge in [-0.3, -0.25) is 4.79 Å². The lowest BCUT2D eigenvalue weighted by Crippen LogP contribution is -2.15. The fourth-order valence-electron chi connectivity index (χ4n) is 3.38. The zero-order chi connectivity index (χ0) is 24.3. The van der Waals surface area contributed by atoms with Crippen LogP contribution in [0, 0.1) is 20.8 Å². The van der Waals surface area contributed by atoms with Crippen LogP contribution in [-0.4, -0.2) is 30.0 Å². The standard InChI is InChI=1S/C26H25N3O3S2/c1-17-10-13-21(14-11-17)34(31,32)26-25(28-24(29-26)20-7-5-4-6-8-20)33-16-23(30)27-22-15-18(2)9-12-19(22)3/h4-15H,16H2,1-3H3,(H,27,30)(H,28,29). The minimum atomic E-state index is -3.86. The number of nitrogens with one attached hydrogen (secondary N) is 2. The molecule has 3 aromatic carbocycles. The van der Waals surface area contributed by atoms with Gasteiger partial charge in [0.15, 0.2) is 5.03 Å². The Morgan fingerprint density at radius 3 is 2.32 bits per heavy atom. The number of benzene rings is 3. The van der Waals surface area contributed by atoms with Gasteiger partial charge in [0.25, 0.3) is 0 Å². The zero-order valence-corrected chi connectivity index (χ0v) is 20.8. The summed E-state index contributed by atoms with van der Waals surface area (Å²) >= 11 is 1.09. The molecule has 2 N–H and O–H groups in total. The summed E-state index contributed by atoms with van der Waals surface area (Å²) in [6.45, 7) is 5.78. The van der Waals surface area contributed by atoms with Gasteiger partial charge in [0.2, 0.25) is 15.7 Å². The zero-order valence-electron chi connectivity index (χ0n) is 19.1.